The number of nitrogens with zero attached hydrogens (tertiary/aromatic N) is 1. The van der Waals surface area contributed by atoms with E-state index in [-0.39, 0.29) is 5.41 Å². The molecule has 146 valence electrons. The van der Waals surface area contributed by atoms with Crippen molar-refractivity contribution < 1.29 is 6.85 Å². The number of hydrogen-bond acceptors (Lipinski definition) is 1. The van der Waals surface area contributed by atoms with Gasteiger partial charge in [-0.2, -0.15) is 0 Å². The fourth-order valence-corrected chi connectivity index (χ4v) is 3.16. The van der Waals surface area contributed by atoms with Crippen LogP contribution in [-0.2, 0) is 11.8 Å². The highest BCUT2D eigenvalue weighted by Gasteiger charge is 2.14. The Labute approximate surface area is 177 Å². The summed E-state index contributed by atoms with van der Waals surface area (Å²) in [5, 5.41) is 0. The third-order valence-electron chi connectivity index (χ3n) is 4.66. The number of benzene rings is 2. The van der Waals surface area contributed by atoms with E-state index < -0.39 is 18.6 Å². The van der Waals surface area contributed by atoms with Gasteiger partial charge in [0.2, 0.25) is 0 Å². The van der Waals surface area contributed by atoms with Gasteiger partial charge in [-0.05, 0) is 64.0 Å². The van der Waals surface area contributed by atoms with E-state index in [2.05, 4.69) is 25.8 Å². The zero-order chi connectivity index (χ0) is 24.8. The molecule has 0 aliphatic carbocycles. The quantitative estimate of drug-likeness (QED) is 0.458. The van der Waals surface area contributed by atoms with Gasteiger partial charge in [-0.25, -0.2) is 0 Å². The van der Waals surface area contributed by atoms with Crippen molar-refractivity contribution in [3.63, 3.8) is 0 Å². The average Bonchev–Trinajstić information content (AvgIpc) is 2.71. The van der Waals surface area contributed by atoms with E-state index in [0.29, 0.717) is 22.4 Å². The molecule has 3 rings (SSSR count). The lowest BCUT2D eigenvalue weighted by Gasteiger charge is -2.19. The predicted octanol–water partition coefficient (Wildman–Crippen LogP) is 7.61. The molecule has 0 saturated carbocycles. The van der Waals surface area contributed by atoms with Crippen molar-refractivity contribution in [1.82, 2.24) is 4.98 Å². The number of hydrogen-bond donors (Lipinski definition) is 0. The summed E-state index contributed by atoms with van der Waals surface area (Å²) in [7, 11) is 0. The van der Waals surface area contributed by atoms with Gasteiger partial charge in [-0.1, -0.05) is 84.0 Å². The van der Waals surface area contributed by atoms with Crippen molar-refractivity contribution in [3.8, 4) is 22.4 Å². The molecule has 0 aliphatic rings. The number of aromatic nitrogens is 1. The van der Waals surface area contributed by atoms with Gasteiger partial charge in [-0.3, -0.25) is 4.98 Å². The maximum atomic E-state index is 8.46. The smallest absolute Gasteiger partial charge is 0.0702 e. The summed E-state index contributed by atoms with van der Waals surface area (Å²) >= 11 is 0. The second-order valence-electron chi connectivity index (χ2n) is 9.39. The summed E-state index contributed by atoms with van der Waals surface area (Å²) in [4.78, 5) is 4.52. The zero-order valence-electron chi connectivity index (χ0n) is 22.7. The van der Waals surface area contributed by atoms with Crippen LogP contribution in [0.15, 0.2) is 60.8 Å². The minimum absolute atomic E-state index is 0.0108. The molecule has 3 aromatic rings. The lowest BCUT2D eigenvalue weighted by atomic mass is 9.86. The molecular formula is C27H33N. The van der Waals surface area contributed by atoms with Gasteiger partial charge < -0.3 is 0 Å². The van der Waals surface area contributed by atoms with Crippen LogP contribution in [0, 0.1) is 12.3 Å². The van der Waals surface area contributed by atoms with E-state index in [9.17, 15) is 0 Å². The Balaban J connectivity index is 2.07. The highest BCUT2D eigenvalue weighted by atomic mass is 14.7. The van der Waals surface area contributed by atoms with E-state index >= 15 is 0 Å². The van der Waals surface area contributed by atoms with E-state index in [1.54, 1.807) is 30.5 Å². The molecule has 1 aromatic heterocycles. The molecule has 0 fully saturated rings. The van der Waals surface area contributed by atoms with Gasteiger partial charge >= 0.3 is 0 Å². The van der Waals surface area contributed by atoms with Crippen molar-refractivity contribution in [3.05, 3.63) is 77.5 Å². The summed E-state index contributed by atoms with van der Waals surface area (Å²) < 4.78 is 41.0. The summed E-state index contributed by atoms with van der Waals surface area (Å²) in [5.41, 5.74) is 4.42. The van der Waals surface area contributed by atoms with Crippen LogP contribution in [0.4, 0.5) is 0 Å². The number of rotatable bonds is 3. The maximum absolute atomic E-state index is 8.46. The highest BCUT2D eigenvalue weighted by Crippen LogP contribution is 2.31. The van der Waals surface area contributed by atoms with E-state index in [1.165, 1.54) is 5.56 Å². The van der Waals surface area contributed by atoms with Crippen LogP contribution in [0.1, 0.15) is 65.1 Å². The molecule has 1 heterocycles. The second kappa shape index (κ2) is 7.54. The fourth-order valence-electron chi connectivity index (χ4n) is 3.16. The minimum Gasteiger partial charge on any atom is -0.256 e. The van der Waals surface area contributed by atoms with Crippen LogP contribution in [0.25, 0.3) is 22.4 Å². The SMILES string of the molecule is [2H]C([2H])([2H])c1ccc(-c2ccc(C([2H])([2H])C(C)(C)C)cn2)cc1-c1ccc(C(C)(C)C)cc1. The predicted molar refractivity (Wildman–Crippen MR) is 122 cm³/mol. The van der Waals surface area contributed by atoms with Gasteiger partial charge in [-0.15, -0.1) is 0 Å². The first-order chi connectivity index (χ1) is 15.0. The van der Waals surface area contributed by atoms with Gasteiger partial charge in [0.25, 0.3) is 0 Å². The van der Waals surface area contributed by atoms with Gasteiger partial charge in [0.15, 0.2) is 0 Å². The largest absolute Gasteiger partial charge is 0.256 e. The van der Waals surface area contributed by atoms with Gasteiger partial charge in [0.1, 0.15) is 0 Å². The van der Waals surface area contributed by atoms with Crippen LogP contribution in [0.5, 0.6) is 0 Å². The third kappa shape index (κ3) is 4.90. The lowest BCUT2D eigenvalue weighted by Crippen LogP contribution is -2.10. The molecule has 0 unspecified atom stereocenters. The zero-order valence-corrected chi connectivity index (χ0v) is 17.7. The molecule has 0 bridgehead atoms. The molecule has 0 saturated heterocycles. The maximum Gasteiger partial charge on any atom is 0.0702 e. The van der Waals surface area contributed by atoms with Crippen molar-refractivity contribution in [2.45, 2.75) is 60.2 Å². The molecule has 2 aromatic carbocycles. The third-order valence-corrected chi connectivity index (χ3v) is 4.66. The average molecular weight is 377 g/mol. The molecule has 0 radical (unpaired) electrons. The number of aryl methyl sites for hydroxylation is 1. The molecule has 0 N–H and O–H groups in total. The van der Waals surface area contributed by atoms with Crippen LogP contribution < -0.4 is 0 Å². The van der Waals surface area contributed by atoms with Crippen LogP contribution in [0.2, 0.25) is 0 Å². The van der Waals surface area contributed by atoms with E-state index in [1.807, 2.05) is 51.1 Å². The molecule has 0 spiro atoms. The summed E-state index contributed by atoms with van der Waals surface area (Å²) in [6.45, 7) is 9.80. The molecule has 0 amide bonds. The first-order valence-electron chi connectivity index (χ1n) is 12.2. The molecule has 1 heteroatoms. The number of pyridine rings is 1. The Bertz CT molecular complexity index is 1110. The fraction of sp³-hybridized carbons (Fsp3) is 0.370. The Morgan fingerprint density at radius 3 is 2.07 bits per heavy atom. The molecule has 1 nitrogen and oxygen atoms in total. The van der Waals surface area contributed by atoms with Crippen molar-refractivity contribution in [1.29, 1.82) is 0 Å². The summed E-state index contributed by atoms with van der Waals surface area (Å²) in [6.07, 6.45) is 0.0552. The normalized spacial score (nSPS) is 15.9. The first kappa shape index (κ1) is 14.6. The lowest BCUT2D eigenvalue weighted by molar-refractivity contribution is 0.411. The van der Waals surface area contributed by atoms with Crippen LogP contribution >= 0.6 is 0 Å². The Hall–Kier alpha value is -2.41. The van der Waals surface area contributed by atoms with Crippen molar-refractivity contribution >= 4 is 0 Å². The standard InChI is InChI=1S/C27H33N/c1-19-8-10-22(25-15-9-20(18-28-25)17-26(2,3)4)16-24(19)21-11-13-23(14-12-21)27(5,6)7/h8-16,18H,17H2,1-7H3/i1D3,17D2. The Morgan fingerprint density at radius 1 is 0.857 bits per heavy atom. The molecule has 0 atom stereocenters. The Morgan fingerprint density at radius 2 is 1.54 bits per heavy atom. The van der Waals surface area contributed by atoms with Crippen LogP contribution in [-0.4, -0.2) is 4.98 Å². The topological polar surface area (TPSA) is 12.9 Å². The summed E-state index contributed by atoms with van der Waals surface area (Å²) in [6, 6.07) is 16.9. The van der Waals surface area contributed by atoms with Gasteiger partial charge in [0, 0.05) is 18.6 Å². The molecule has 0 aliphatic heterocycles. The van der Waals surface area contributed by atoms with Crippen molar-refractivity contribution in [2.24, 2.45) is 5.41 Å². The van der Waals surface area contributed by atoms with Crippen molar-refractivity contribution in [2.75, 3.05) is 0 Å². The monoisotopic (exact) mass is 376 g/mol. The highest BCUT2D eigenvalue weighted by molar-refractivity contribution is 5.74. The van der Waals surface area contributed by atoms with Crippen LogP contribution in [0.3, 0.4) is 0 Å². The summed E-state index contributed by atoms with van der Waals surface area (Å²) in [5.74, 6) is 0. The van der Waals surface area contributed by atoms with E-state index in [0.717, 1.165) is 11.1 Å². The molecular weight excluding hydrogens is 338 g/mol. The minimum atomic E-state index is -2.24. The van der Waals surface area contributed by atoms with Gasteiger partial charge in [0.05, 0.1) is 5.69 Å². The first-order valence-corrected chi connectivity index (χ1v) is 9.74. The van der Waals surface area contributed by atoms with E-state index in [4.69, 9.17) is 6.85 Å². The Kier molecular flexibility index (Phi) is 3.93. The molecule has 28 heavy (non-hydrogen) atoms. The second-order valence-corrected chi connectivity index (χ2v) is 9.39.